The van der Waals surface area contributed by atoms with E-state index in [1.54, 1.807) is 7.11 Å². The second-order valence-electron chi connectivity index (χ2n) is 3.88. The maximum absolute atomic E-state index is 5.61. The molecular weight excluding hydrogens is 226 g/mol. The van der Waals surface area contributed by atoms with Crippen LogP contribution in [0.2, 0.25) is 0 Å². The topological polar surface area (TPSA) is 44.5 Å². The van der Waals surface area contributed by atoms with E-state index in [0.29, 0.717) is 13.2 Å². The zero-order valence-electron chi connectivity index (χ0n) is 10.9. The summed E-state index contributed by atoms with van der Waals surface area (Å²) < 4.78 is 10.6. The van der Waals surface area contributed by atoms with Crippen molar-refractivity contribution in [3.8, 4) is 17.6 Å². The zero-order chi connectivity index (χ0) is 13.1. The molecule has 0 aliphatic heterocycles. The Labute approximate surface area is 109 Å². The van der Waals surface area contributed by atoms with Crippen LogP contribution in [0.1, 0.15) is 24.8 Å². The average Bonchev–Trinajstić information content (AvgIpc) is 2.40. The summed E-state index contributed by atoms with van der Waals surface area (Å²) in [5.41, 5.74) is 6.37. The maximum atomic E-state index is 5.61. The largest absolute Gasteiger partial charge is 0.490 e. The molecule has 0 amide bonds. The summed E-state index contributed by atoms with van der Waals surface area (Å²) in [5.74, 6) is 7.11. The molecule has 0 saturated heterocycles. The van der Waals surface area contributed by atoms with Crippen molar-refractivity contribution in [2.75, 3.05) is 26.9 Å². The molecule has 0 fully saturated rings. The molecule has 0 spiro atoms. The summed E-state index contributed by atoms with van der Waals surface area (Å²) in [7, 11) is 1.66. The third-order valence-corrected chi connectivity index (χ3v) is 2.41. The number of methoxy groups -OCH3 is 1. The lowest BCUT2D eigenvalue weighted by Crippen LogP contribution is -2.05. The molecule has 0 saturated carbocycles. The average molecular weight is 247 g/mol. The Morgan fingerprint density at radius 3 is 2.78 bits per heavy atom. The number of rotatable bonds is 7. The summed E-state index contributed by atoms with van der Waals surface area (Å²) in [4.78, 5) is 0. The summed E-state index contributed by atoms with van der Waals surface area (Å²) in [6.45, 7) is 1.86. The van der Waals surface area contributed by atoms with Gasteiger partial charge < -0.3 is 15.2 Å². The van der Waals surface area contributed by atoms with Gasteiger partial charge in [-0.3, -0.25) is 0 Å². The van der Waals surface area contributed by atoms with Crippen LogP contribution in [-0.2, 0) is 4.74 Å². The molecule has 1 rings (SSSR count). The molecule has 18 heavy (non-hydrogen) atoms. The van der Waals surface area contributed by atoms with Crippen molar-refractivity contribution in [2.24, 2.45) is 5.73 Å². The molecule has 0 atom stereocenters. The van der Waals surface area contributed by atoms with Crippen molar-refractivity contribution in [2.45, 2.75) is 19.3 Å². The molecule has 3 nitrogen and oxygen atoms in total. The lowest BCUT2D eigenvalue weighted by molar-refractivity contribution is 0.146. The van der Waals surface area contributed by atoms with Crippen LogP contribution in [0.15, 0.2) is 24.3 Å². The summed E-state index contributed by atoms with van der Waals surface area (Å²) in [6, 6.07) is 7.81. The Kier molecular flexibility index (Phi) is 7.70. The SMILES string of the molecule is COCCOc1ccccc1C#CCCCCN. The second-order valence-corrected chi connectivity index (χ2v) is 3.88. The molecule has 0 aliphatic rings. The van der Waals surface area contributed by atoms with Gasteiger partial charge in [0.05, 0.1) is 12.2 Å². The van der Waals surface area contributed by atoms with Crippen LogP contribution in [0.5, 0.6) is 5.75 Å². The van der Waals surface area contributed by atoms with Crippen LogP contribution >= 0.6 is 0 Å². The van der Waals surface area contributed by atoms with Crippen LogP contribution in [0, 0.1) is 11.8 Å². The highest BCUT2D eigenvalue weighted by molar-refractivity contribution is 5.45. The Morgan fingerprint density at radius 2 is 2.00 bits per heavy atom. The first kappa shape index (κ1) is 14.6. The molecule has 0 bridgehead atoms. The zero-order valence-corrected chi connectivity index (χ0v) is 10.9. The normalized spacial score (nSPS) is 9.67. The van der Waals surface area contributed by atoms with E-state index in [2.05, 4.69) is 11.8 Å². The molecule has 0 unspecified atom stereocenters. The van der Waals surface area contributed by atoms with Gasteiger partial charge in [-0.2, -0.15) is 0 Å². The highest BCUT2D eigenvalue weighted by Crippen LogP contribution is 2.16. The molecule has 1 aromatic rings. The summed E-state index contributed by atoms with van der Waals surface area (Å²) in [6.07, 6.45) is 2.96. The minimum absolute atomic E-state index is 0.544. The molecule has 98 valence electrons. The Hall–Kier alpha value is -1.50. The smallest absolute Gasteiger partial charge is 0.135 e. The fraction of sp³-hybridized carbons (Fsp3) is 0.467. The van der Waals surface area contributed by atoms with Gasteiger partial charge in [-0.25, -0.2) is 0 Å². The van der Waals surface area contributed by atoms with Gasteiger partial charge >= 0.3 is 0 Å². The van der Waals surface area contributed by atoms with E-state index >= 15 is 0 Å². The predicted octanol–water partition coefficient (Wildman–Crippen LogP) is 2.19. The van der Waals surface area contributed by atoms with Gasteiger partial charge in [0, 0.05) is 13.5 Å². The van der Waals surface area contributed by atoms with Crippen LogP contribution < -0.4 is 10.5 Å². The van der Waals surface area contributed by atoms with Crippen LogP contribution in [0.3, 0.4) is 0 Å². The van der Waals surface area contributed by atoms with E-state index in [9.17, 15) is 0 Å². The summed E-state index contributed by atoms with van der Waals surface area (Å²) in [5, 5.41) is 0. The number of ether oxygens (including phenoxy) is 2. The Bertz CT molecular complexity index is 393. The number of hydrogen-bond acceptors (Lipinski definition) is 3. The van der Waals surface area contributed by atoms with E-state index in [1.165, 1.54) is 0 Å². The first-order valence-electron chi connectivity index (χ1n) is 6.28. The molecule has 3 heteroatoms. The molecule has 0 aliphatic carbocycles. The van der Waals surface area contributed by atoms with Gasteiger partial charge in [0.2, 0.25) is 0 Å². The third kappa shape index (κ3) is 5.72. The van der Waals surface area contributed by atoms with E-state index in [-0.39, 0.29) is 0 Å². The quantitative estimate of drug-likeness (QED) is 0.593. The predicted molar refractivity (Wildman–Crippen MR) is 73.6 cm³/mol. The standard InChI is InChI=1S/C15H21NO2/c1-17-12-13-18-15-10-6-5-9-14(15)8-4-2-3-7-11-16/h5-6,9-10H,2-3,7,11-13,16H2,1H3. The minimum atomic E-state index is 0.544. The molecule has 1 aromatic carbocycles. The van der Waals surface area contributed by atoms with Gasteiger partial charge in [0.25, 0.3) is 0 Å². The van der Waals surface area contributed by atoms with E-state index in [4.69, 9.17) is 15.2 Å². The minimum Gasteiger partial charge on any atom is -0.490 e. The van der Waals surface area contributed by atoms with Gasteiger partial charge in [-0.15, -0.1) is 0 Å². The van der Waals surface area contributed by atoms with Crippen molar-refractivity contribution in [1.82, 2.24) is 0 Å². The fourth-order valence-corrected chi connectivity index (χ4v) is 1.45. The van der Waals surface area contributed by atoms with Crippen LogP contribution in [-0.4, -0.2) is 26.9 Å². The number of para-hydroxylation sites is 1. The Morgan fingerprint density at radius 1 is 1.17 bits per heavy atom. The number of nitrogens with two attached hydrogens (primary N) is 1. The monoisotopic (exact) mass is 247 g/mol. The highest BCUT2D eigenvalue weighted by atomic mass is 16.5. The lowest BCUT2D eigenvalue weighted by Gasteiger charge is -2.06. The van der Waals surface area contributed by atoms with Crippen molar-refractivity contribution < 1.29 is 9.47 Å². The van der Waals surface area contributed by atoms with Crippen molar-refractivity contribution >= 4 is 0 Å². The fourth-order valence-electron chi connectivity index (χ4n) is 1.45. The highest BCUT2D eigenvalue weighted by Gasteiger charge is 1.99. The molecule has 0 aromatic heterocycles. The first-order valence-corrected chi connectivity index (χ1v) is 6.28. The van der Waals surface area contributed by atoms with Gasteiger partial charge in [-0.05, 0) is 31.5 Å². The third-order valence-electron chi connectivity index (χ3n) is 2.41. The van der Waals surface area contributed by atoms with E-state index < -0.39 is 0 Å². The molecule has 0 radical (unpaired) electrons. The molecule has 0 heterocycles. The van der Waals surface area contributed by atoms with Gasteiger partial charge in [0.1, 0.15) is 12.4 Å². The van der Waals surface area contributed by atoms with Crippen molar-refractivity contribution in [3.05, 3.63) is 29.8 Å². The number of unbranched alkanes of at least 4 members (excludes halogenated alkanes) is 2. The molecular formula is C15H21NO2. The second kappa shape index (κ2) is 9.52. The van der Waals surface area contributed by atoms with Crippen molar-refractivity contribution in [3.63, 3.8) is 0 Å². The lowest BCUT2D eigenvalue weighted by atomic mass is 10.2. The molecule has 2 N–H and O–H groups in total. The van der Waals surface area contributed by atoms with Crippen LogP contribution in [0.4, 0.5) is 0 Å². The van der Waals surface area contributed by atoms with Crippen LogP contribution in [0.25, 0.3) is 0 Å². The van der Waals surface area contributed by atoms with Crippen molar-refractivity contribution in [1.29, 1.82) is 0 Å². The maximum Gasteiger partial charge on any atom is 0.135 e. The van der Waals surface area contributed by atoms with Gasteiger partial charge in [0.15, 0.2) is 0 Å². The number of hydrogen-bond donors (Lipinski definition) is 1. The summed E-state index contributed by atoms with van der Waals surface area (Å²) >= 11 is 0. The van der Waals surface area contributed by atoms with E-state index in [0.717, 1.165) is 37.1 Å². The first-order chi connectivity index (χ1) is 8.88. The van der Waals surface area contributed by atoms with E-state index in [1.807, 2.05) is 24.3 Å². The number of benzene rings is 1. The van der Waals surface area contributed by atoms with Gasteiger partial charge in [-0.1, -0.05) is 24.0 Å². The Balaban J connectivity index is 2.52.